The van der Waals surface area contributed by atoms with Crippen LogP contribution in [0.2, 0.25) is 0 Å². The maximum Gasteiger partial charge on any atom is 0.317 e. The van der Waals surface area contributed by atoms with Crippen LogP contribution < -0.4 is 5.32 Å². The van der Waals surface area contributed by atoms with Gasteiger partial charge in [-0.15, -0.1) is 0 Å². The van der Waals surface area contributed by atoms with E-state index in [1.807, 2.05) is 0 Å². The van der Waals surface area contributed by atoms with Gasteiger partial charge < -0.3 is 15.3 Å². The topological polar surface area (TPSA) is 69.6 Å². The second kappa shape index (κ2) is 4.69. The lowest BCUT2D eigenvalue weighted by molar-refractivity contribution is -0.141. The van der Waals surface area contributed by atoms with Gasteiger partial charge in [0.25, 0.3) is 0 Å². The van der Waals surface area contributed by atoms with Crippen LogP contribution in [0, 0.1) is 17.3 Å². The average Bonchev–Trinajstić information content (AvgIpc) is 3.04. The fourth-order valence-electron chi connectivity index (χ4n) is 3.57. The van der Waals surface area contributed by atoms with Gasteiger partial charge in [0, 0.05) is 19.6 Å². The highest BCUT2D eigenvalue weighted by atomic mass is 16.4. The van der Waals surface area contributed by atoms with Gasteiger partial charge in [-0.1, -0.05) is 6.42 Å². The summed E-state index contributed by atoms with van der Waals surface area (Å²) in [4.78, 5) is 24.6. The molecule has 0 radical (unpaired) electrons. The highest BCUT2D eigenvalue weighted by Crippen LogP contribution is 2.56. The molecule has 1 heterocycles. The van der Waals surface area contributed by atoms with E-state index in [9.17, 15) is 9.59 Å². The standard InChI is InChI=1S/C14H22N2O3/c17-12(18)10-4-7-16(8-10)13(19)15-9-14(5-1-6-14)11-2-3-11/h10-11H,1-9H2,(H,15,19)(H,17,18). The van der Waals surface area contributed by atoms with E-state index in [0.717, 1.165) is 12.5 Å². The zero-order chi connectivity index (χ0) is 13.5. The highest BCUT2D eigenvalue weighted by Gasteiger charge is 2.49. The second-order valence-corrected chi connectivity index (χ2v) is 6.42. The second-order valence-electron chi connectivity index (χ2n) is 6.42. The number of urea groups is 1. The quantitative estimate of drug-likeness (QED) is 0.813. The Kier molecular flexibility index (Phi) is 3.15. The van der Waals surface area contributed by atoms with Crippen LogP contribution in [0.15, 0.2) is 0 Å². The first kappa shape index (κ1) is 12.8. The maximum atomic E-state index is 12.1. The molecule has 106 valence electrons. The number of carbonyl (C=O) groups excluding carboxylic acids is 1. The summed E-state index contributed by atoms with van der Waals surface area (Å²) in [5, 5.41) is 12.0. The van der Waals surface area contributed by atoms with Crippen LogP contribution in [0.3, 0.4) is 0 Å². The minimum absolute atomic E-state index is 0.0734. The molecule has 1 saturated heterocycles. The minimum Gasteiger partial charge on any atom is -0.481 e. The fourth-order valence-corrected chi connectivity index (χ4v) is 3.57. The molecule has 0 aromatic heterocycles. The number of carbonyl (C=O) groups is 2. The summed E-state index contributed by atoms with van der Waals surface area (Å²) >= 11 is 0. The first-order chi connectivity index (χ1) is 9.11. The molecule has 2 saturated carbocycles. The van der Waals surface area contributed by atoms with Crippen molar-refractivity contribution in [1.29, 1.82) is 0 Å². The normalized spacial score (nSPS) is 28.8. The third-order valence-electron chi connectivity index (χ3n) is 5.21. The predicted octanol–water partition coefficient (Wildman–Crippen LogP) is 1.68. The number of carboxylic acid groups (broad SMARTS) is 1. The van der Waals surface area contributed by atoms with E-state index >= 15 is 0 Å². The molecule has 0 spiro atoms. The lowest BCUT2D eigenvalue weighted by Gasteiger charge is -2.43. The summed E-state index contributed by atoms with van der Waals surface area (Å²) in [5.41, 5.74) is 0.377. The number of hydrogen-bond acceptors (Lipinski definition) is 2. The number of likely N-dealkylation sites (tertiary alicyclic amines) is 1. The molecule has 3 fully saturated rings. The smallest absolute Gasteiger partial charge is 0.317 e. The van der Waals surface area contributed by atoms with Crippen LogP contribution >= 0.6 is 0 Å². The third-order valence-corrected chi connectivity index (χ3v) is 5.21. The summed E-state index contributed by atoms with van der Waals surface area (Å²) in [5.74, 6) is -0.345. The summed E-state index contributed by atoms with van der Waals surface area (Å²) in [6, 6.07) is -0.0734. The molecule has 3 rings (SSSR count). The Balaban J connectivity index is 1.48. The van der Waals surface area contributed by atoms with Crippen LogP contribution in [0.1, 0.15) is 38.5 Å². The van der Waals surface area contributed by atoms with Gasteiger partial charge in [0.1, 0.15) is 0 Å². The number of carboxylic acids is 1. The Morgan fingerprint density at radius 2 is 2.00 bits per heavy atom. The minimum atomic E-state index is -0.788. The van der Waals surface area contributed by atoms with Crippen LogP contribution in [-0.2, 0) is 4.79 Å². The largest absolute Gasteiger partial charge is 0.481 e. The van der Waals surface area contributed by atoms with Gasteiger partial charge in [0.2, 0.25) is 0 Å². The van der Waals surface area contributed by atoms with Crippen molar-refractivity contribution in [2.24, 2.45) is 17.3 Å². The van der Waals surface area contributed by atoms with Crippen molar-refractivity contribution in [3.05, 3.63) is 0 Å². The van der Waals surface area contributed by atoms with Crippen LogP contribution in [0.5, 0.6) is 0 Å². The van der Waals surface area contributed by atoms with E-state index in [0.29, 0.717) is 24.9 Å². The van der Waals surface area contributed by atoms with E-state index < -0.39 is 5.97 Å². The number of aliphatic carboxylic acids is 1. The molecule has 1 aliphatic heterocycles. The number of rotatable bonds is 4. The molecule has 2 aliphatic carbocycles. The predicted molar refractivity (Wildman–Crippen MR) is 69.7 cm³/mol. The number of hydrogen-bond donors (Lipinski definition) is 2. The van der Waals surface area contributed by atoms with Gasteiger partial charge in [-0.05, 0) is 43.4 Å². The SMILES string of the molecule is O=C(O)C1CCN(C(=O)NCC2(C3CC3)CCC2)C1. The van der Waals surface area contributed by atoms with Crippen molar-refractivity contribution in [2.45, 2.75) is 38.5 Å². The molecule has 5 heteroatoms. The van der Waals surface area contributed by atoms with Gasteiger partial charge in [-0.2, -0.15) is 0 Å². The molecule has 2 amide bonds. The van der Waals surface area contributed by atoms with Crippen molar-refractivity contribution in [3.8, 4) is 0 Å². The summed E-state index contributed by atoms with van der Waals surface area (Å²) in [6.45, 7) is 1.71. The zero-order valence-corrected chi connectivity index (χ0v) is 11.2. The van der Waals surface area contributed by atoms with Gasteiger partial charge in [-0.3, -0.25) is 4.79 Å². The summed E-state index contributed by atoms with van der Waals surface area (Å²) in [6.07, 6.45) is 7.00. The zero-order valence-electron chi connectivity index (χ0n) is 11.2. The van der Waals surface area contributed by atoms with Crippen molar-refractivity contribution in [3.63, 3.8) is 0 Å². The molecule has 3 aliphatic rings. The molecule has 5 nitrogen and oxygen atoms in total. The van der Waals surface area contributed by atoms with E-state index in [1.54, 1.807) is 4.90 Å². The highest BCUT2D eigenvalue weighted by molar-refractivity contribution is 5.77. The van der Waals surface area contributed by atoms with E-state index in [4.69, 9.17) is 5.11 Å². The Labute approximate surface area is 113 Å². The molecular weight excluding hydrogens is 244 g/mol. The molecule has 0 aromatic carbocycles. The Morgan fingerprint density at radius 1 is 1.26 bits per heavy atom. The summed E-state index contributed by atoms with van der Waals surface area (Å²) < 4.78 is 0. The van der Waals surface area contributed by atoms with Crippen molar-refractivity contribution < 1.29 is 14.7 Å². The molecule has 2 N–H and O–H groups in total. The first-order valence-electron chi connectivity index (χ1n) is 7.36. The van der Waals surface area contributed by atoms with Crippen molar-refractivity contribution in [2.75, 3.05) is 19.6 Å². The van der Waals surface area contributed by atoms with E-state index in [-0.39, 0.29) is 11.9 Å². The molecule has 0 bridgehead atoms. The fraction of sp³-hybridized carbons (Fsp3) is 0.857. The summed E-state index contributed by atoms with van der Waals surface area (Å²) in [7, 11) is 0. The number of amides is 2. The maximum absolute atomic E-state index is 12.1. The number of nitrogens with zero attached hydrogens (tertiary/aromatic N) is 1. The first-order valence-corrected chi connectivity index (χ1v) is 7.36. The lowest BCUT2D eigenvalue weighted by Crippen LogP contribution is -2.47. The van der Waals surface area contributed by atoms with Gasteiger partial charge in [0.15, 0.2) is 0 Å². The van der Waals surface area contributed by atoms with Crippen LogP contribution in [0.4, 0.5) is 4.79 Å². The van der Waals surface area contributed by atoms with Gasteiger partial charge in [-0.25, -0.2) is 4.79 Å². The molecule has 1 unspecified atom stereocenters. The molecule has 1 atom stereocenters. The molecular formula is C14H22N2O3. The average molecular weight is 266 g/mol. The Bertz CT molecular complexity index is 388. The van der Waals surface area contributed by atoms with E-state index in [1.165, 1.54) is 32.1 Å². The van der Waals surface area contributed by atoms with Crippen molar-refractivity contribution in [1.82, 2.24) is 10.2 Å². The van der Waals surface area contributed by atoms with Crippen LogP contribution in [0.25, 0.3) is 0 Å². The third kappa shape index (κ3) is 2.42. The Hall–Kier alpha value is -1.26. The van der Waals surface area contributed by atoms with Gasteiger partial charge in [0.05, 0.1) is 5.92 Å². The van der Waals surface area contributed by atoms with Crippen LogP contribution in [-0.4, -0.2) is 41.6 Å². The molecule has 0 aromatic rings. The monoisotopic (exact) mass is 266 g/mol. The lowest BCUT2D eigenvalue weighted by atomic mass is 9.65. The van der Waals surface area contributed by atoms with Gasteiger partial charge >= 0.3 is 12.0 Å². The van der Waals surface area contributed by atoms with Crippen molar-refractivity contribution >= 4 is 12.0 Å². The molecule has 19 heavy (non-hydrogen) atoms. The van der Waals surface area contributed by atoms with E-state index in [2.05, 4.69) is 5.32 Å². The number of nitrogens with one attached hydrogen (secondary N) is 1. The Morgan fingerprint density at radius 3 is 2.47 bits per heavy atom.